The Hall–Kier alpha value is -2.45. The number of rotatable bonds is 6. The van der Waals surface area contributed by atoms with Crippen molar-refractivity contribution in [1.29, 1.82) is 0 Å². The molecule has 0 N–H and O–H groups in total. The SMILES string of the molecule is CN(c1ccc(C(=O)N2CCCC(OCc3ccccn3)C2)cc1)S(C)(=O)=O. The average molecular weight is 404 g/mol. The van der Waals surface area contributed by atoms with E-state index in [2.05, 4.69) is 4.98 Å². The van der Waals surface area contributed by atoms with Crippen LogP contribution in [0.25, 0.3) is 0 Å². The van der Waals surface area contributed by atoms with Crippen LogP contribution in [0.3, 0.4) is 0 Å². The third-order valence-corrected chi connectivity index (χ3v) is 6.04. The van der Waals surface area contributed by atoms with Gasteiger partial charge in [-0.05, 0) is 49.2 Å². The van der Waals surface area contributed by atoms with E-state index in [0.29, 0.717) is 30.9 Å². The summed E-state index contributed by atoms with van der Waals surface area (Å²) < 4.78 is 30.4. The number of hydrogen-bond acceptors (Lipinski definition) is 5. The molecule has 3 rings (SSSR count). The molecule has 0 saturated carbocycles. The number of likely N-dealkylation sites (tertiary alicyclic amines) is 1. The number of nitrogens with zero attached hydrogens (tertiary/aromatic N) is 3. The smallest absolute Gasteiger partial charge is 0.253 e. The molecule has 7 nitrogen and oxygen atoms in total. The second kappa shape index (κ2) is 8.70. The van der Waals surface area contributed by atoms with Gasteiger partial charge in [0.2, 0.25) is 10.0 Å². The van der Waals surface area contributed by atoms with Crippen molar-refractivity contribution in [2.45, 2.75) is 25.6 Å². The van der Waals surface area contributed by atoms with Gasteiger partial charge in [-0.15, -0.1) is 0 Å². The number of aromatic nitrogens is 1. The quantitative estimate of drug-likeness (QED) is 0.739. The van der Waals surface area contributed by atoms with E-state index in [9.17, 15) is 13.2 Å². The number of sulfonamides is 1. The van der Waals surface area contributed by atoms with Crippen molar-refractivity contribution >= 4 is 21.6 Å². The predicted molar refractivity (Wildman–Crippen MR) is 108 cm³/mol. The first-order valence-corrected chi connectivity index (χ1v) is 11.0. The third-order valence-electron chi connectivity index (χ3n) is 4.83. The van der Waals surface area contributed by atoms with Crippen LogP contribution in [0.2, 0.25) is 0 Å². The first-order chi connectivity index (χ1) is 13.3. The van der Waals surface area contributed by atoms with Gasteiger partial charge in [-0.2, -0.15) is 0 Å². The molecule has 1 aromatic heterocycles. The molecule has 0 spiro atoms. The van der Waals surface area contributed by atoms with E-state index in [1.54, 1.807) is 35.4 Å². The second-order valence-electron chi connectivity index (χ2n) is 6.92. The van der Waals surface area contributed by atoms with Gasteiger partial charge in [-0.1, -0.05) is 6.07 Å². The lowest BCUT2D eigenvalue weighted by molar-refractivity contribution is -0.00785. The molecular formula is C20H25N3O4S. The standard InChI is InChI=1S/C20H25N3O4S/c1-22(28(2,25)26)18-10-8-16(9-11-18)20(24)23-13-5-7-19(14-23)27-15-17-6-3-4-12-21-17/h3-4,6,8-12,19H,5,7,13-15H2,1-2H3. The fraction of sp³-hybridized carbons (Fsp3) is 0.400. The molecule has 150 valence electrons. The van der Waals surface area contributed by atoms with Crippen LogP contribution in [-0.4, -0.2) is 56.7 Å². The Balaban J connectivity index is 1.60. The van der Waals surface area contributed by atoms with E-state index >= 15 is 0 Å². The van der Waals surface area contributed by atoms with Crippen LogP contribution < -0.4 is 4.31 Å². The molecule has 1 unspecified atom stereocenters. The predicted octanol–water partition coefficient (Wildman–Crippen LogP) is 2.30. The maximum absolute atomic E-state index is 12.8. The van der Waals surface area contributed by atoms with Crippen LogP contribution in [-0.2, 0) is 21.4 Å². The molecule has 1 amide bonds. The Morgan fingerprint density at radius 1 is 1.25 bits per heavy atom. The van der Waals surface area contributed by atoms with E-state index < -0.39 is 10.0 Å². The number of carbonyl (C=O) groups excluding carboxylic acids is 1. The molecule has 0 aliphatic carbocycles. The fourth-order valence-corrected chi connectivity index (χ4v) is 3.64. The molecule has 0 radical (unpaired) electrons. The van der Waals surface area contributed by atoms with E-state index in [1.807, 2.05) is 18.2 Å². The van der Waals surface area contributed by atoms with Crippen molar-refractivity contribution in [3.63, 3.8) is 0 Å². The van der Waals surface area contributed by atoms with Crippen LogP contribution in [0, 0.1) is 0 Å². The van der Waals surface area contributed by atoms with Crippen molar-refractivity contribution in [1.82, 2.24) is 9.88 Å². The van der Waals surface area contributed by atoms with Crippen LogP contribution in [0.15, 0.2) is 48.7 Å². The molecule has 2 heterocycles. The highest BCUT2D eigenvalue weighted by molar-refractivity contribution is 7.92. The number of benzene rings is 1. The van der Waals surface area contributed by atoms with Crippen LogP contribution >= 0.6 is 0 Å². The summed E-state index contributed by atoms with van der Waals surface area (Å²) in [5, 5.41) is 0. The molecule has 8 heteroatoms. The summed E-state index contributed by atoms with van der Waals surface area (Å²) in [6.45, 7) is 1.66. The molecule has 1 fully saturated rings. The van der Waals surface area contributed by atoms with Crippen LogP contribution in [0.4, 0.5) is 5.69 Å². The number of hydrogen-bond donors (Lipinski definition) is 0. The molecular weight excluding hydrogens is 378 g/mol. The summed E-state index contributed by atoms with van der Waals surface area (Å²) in [5.41, 5.74) is 1.93. The van der Waals surface area contributed by atoms with Gasteiger partial charge in [-0.25, -0.2) is 8.42 Å². The number of amides is 1. The Bertz CT molecular complexity index is 901. The van der Waals surface area contributed by atoms with Crippen molar-refractivity contribution in [3.05, 3.63) is 59.9 Å². The molecule has 1 aliphatic rings. The van der Waals surface area contributed by atoms with Gasteiger partial charge in [0.15, 0.2) is 0 Å². The maximum Gasteiger partial charge on any atom is 0.253 e. The molecule has 2 aromatic rings. The monoisotopic (exact) mass is 403 g/mol. The molecule has 1 aliphatic heterocycles. The fourth-order valence-electron chi connectivity index (χ4n) is 3.13. The highest BCUT2D eigenvalue weighted by Crippen LogP contribution is 2.20. The topological polar surface area (TPSA) is 79.8 Å². The third kappa shape index (κ3) is 5.08. The summed E-state index contributed by atoms with van der Waals surface area (Å²) in [5.74, 6) is -0.0697. The zero-order valence-corrected chi connectivity index (χ0v) is 16.9. The van der Waals surface area contributed by atoms with Gasteiger partial charge in [0.25, 0.3) is 5.91 Å². The Morgan fingerprint density at radius 2 is 2.00 bits per heavy atom. The first-order valence-electron chi connectivity index (χ1n) is 9.19. The molecule has 1 atom stereocenters. The number of anilines is 1. The summed E-state index contributed by atoms with van der Waals surface area (Å²) in [6, 6.07) is 12.3. The Labute approximate surface area is 166 Å². The minimum atomic E-state index is -3.33. The molecule has 1 saturated heterocycles. The van der Waals surface area contributed by atoms with E-state index in [1.165, 1.54) is 11.4 Å². The Morgan fingerprint density at radius 3 is 2.64 bits per heavy atom. The average Bonchev–Trinajstić information content (AvgIpc) is 2.71. The van der Waals surface area contributed by atoms with Gasteiger partial charge in [-0.3, -0.25) is 14.1 Å². The lowest BCUT2D eigenvalue weighted by Gasteiger charge is -2.32. The normalized spacial score (nSPS) is 17.4. The van der Waals surface area contributed by atoms with Crippen molar-refractivity contribution < 1.29 is 17.9 Å². The number of carbonyl (C=O) groups is 1. The Kier molecular flexibility index (Phi) is 6.31. The van der Waals surface area contributed by atoms with Crippen molar-refractivity contribution in [2.24, 2.45) is 0 Å². The van der Waals surface area contributed by atoms with Crippen molar-refractivity contribution in [2.75, 3.05) is 30.7 Å². The molecule has 0 bridgehead atoms. The number of pyridine rings is 1. The van der Waals surface area contributed by atoms with Gasteiger partial charge in [0.1, 0.15) is 0 Å². The highest BCUT2D eigenvalue weighted by Gasteiger charge is 2.25. The minimum Gasteiger partial charge on any atom is -0.370 e. The maximum atomic E-state index is 12.8. The zero-order valence-electron chi connectivity index (χ0n) is 16.1. The van der Waals surface area contributed by atoms with Crippen LogP contribution in [0.5, 0.6) is 0 Å². The van der Waals surface area contributed by atoms with E-state index in [-0.39, 0.29) is 12.0 Å². The number of ether oxygens (including phenoxy) is 1. The largest absolute Gasteiger partial charge is 0.370 e. The second-order valence-corrected chi connectivity index (χ2v) is 8.94. The van der Waals surface area contributed by atoms with Gasteiger partial charge in [0, 0.05) is 31.9 Å². The lowest BCUT2D eigenvalue weighted by atomic mass is 10.1. The summed E-state index contributed by atoms with van der Waals surface area (Å²) in [6.07, 6.45) is 4.66. The van der Waals surface area contributed by atoms with Gasteiger partial charge >= 0.3 is 0 Å². The summed E-state index contributed by atoms with van der Waals surface area (Å²) >= 11 is 0. The summed E-state index contributed by atoms with van der Waals surface area (Å²) in [7, 11) is -1.84. The molecule has 1 aromatic carbocycles. The first kappa shape index (κ1) is 20.3. The lowest BCUT2D eigenvalue weighted by Crippen LogP contribution is -2.43. The minimum absolute atomic E-state index is 0.0182. The van der Waals surface area contributed by atoms with Gasteiger partial charge in [0.05, 0.1) is 30.3 Å². The number of piperidine rings is 1. The highest BCUT2D eigenvalue weighted by atomic mass is 32.2. The summed E-state index contributed by atoms with van der Waals surface area (Å²) in [4.78, 5) is 18.9. The van der Waals surface area contributed by atoms with Crippen molar-refractivity contribution in [3.8, 4) is 0 Å². The van der Waals surface area contributed by atoms with Crippen LogP contribution in [0.1, 0.15) is 28.9 Å². The van der Waals surface area contributed by atoms with E-state index in [4.69, 9.17) is 4.74 Å². The molecule has 28 heavy (non-hydrogen) atoms. The van der Waals surface area contributed by atoms with E-state index in [0.717, 1.165) is 24.8 Å². The van der Waals surface area contributed by atoms with Gasteiger partial charge < -0.3 is 9.64 Å². The zero-order chi connectivity index (χ0) is 20.1.